The van der Waals surface area contributed by atoms with Crippen LogP contribution in [-0.2, 0) is 0 Å². The molecule has 1 atom stereocenters. The minimum atomic E-state index is -0.324. The fourth-order valence-corrected chi connectivity index (χ4v) is 2.45. The molecule has 0 aliphatic rings. The first-order valence-electron chi connectivity index (χ1n) is 7.41. The van der Waals surface area contributed by atoms with Gasteiger partial charge < -0.3 is 20.1 Å². The fraction of sp³-hybridized carbons (Fsp3) is 0.467. The molecule has 0 saturated heterocycles. The van der Waals surface area contributed by atoms with E-state index in [1.165, 1.54) is 6.33 Å². The number of anilines is 2. The molecule has 2 aromatic rings. The summed E-state index contributed by atoms with van der Waals surface area (Å²) in [7, 11) is 3.70. The van der Waals surface area contributed by atoms with Gasteiger partial charge in [-0.25, -0.2) is 14.8 Å². The summed E-state index contributed by atoms with van der Waals surface area (Å²) in [5, 5.41) is 9.67. The van der Waals surface area contributed by atoms with Gasteiger partial charge in [-0.3, -0.25) is 0 Å². The minimum absolute atomic E-state index is 0.173. The Morgan fingerprint density at radius 2 is 2.13 bits per heavy atom. The number of carbonyl (C=O) groups is 1. The van der Waals surface area contributed by atoms with E-state index in [-0.39, 0.29) is 12.1 Å². The first kappa shape index (κ1) is 16.7. The molecule has 0 spiro atoms. The molecular formula is C15H22N6O2. The quantitative estimate of drug-likeness (QED) is 0.879. The molecule has 23 heavy (non-hydrogen) atoms. The van der Waals surface area contributed by atoms with Gasteiger partial charge in [0.2, 0.25) is 0 Å². The lowest BCUT2D eigenvalue weighted by molar-refractivity contribution is 0.248. The van der Waals surface area contributed by atoms with Gasteiger partial charge in [-0.15, -0.1) is 0 Å². The number of aromatic nitrogens is 3. The molecule has 0 aliphatic heterocycles. The van der Waals surface area contributed by atoms with Crippen molar-refractivity contribution in [3.63, 3.8) is 0 Å². The van der Waals surface area contributed by atoms with Crippen LogP contribution in [0.4, 0.5) is 16.3 Å². The first-order valence-corrected chi connectivity index (χ1v) is 7.41. The Morgan fingerprint density at radius 1 is 1.39 bits per heavy atom. The number of amides is 2. The number of carbonyl (C=O) groups excluding carboxylic acids is 1. The Morgan fingerprint density at radius 3 is 2.70 bits per heavy atom. The zero-order chi connectivity index (χ0) is 17.0. The van der Waals surface area contributed by atoms with Crippen molar-refractivity contribution in [1.29, 1.82) is 0 Å². The Bertz CT molecular complexity index is 663. The highest BCUT2D eigenvalue weighted by Crippen LogP contribution is 2.24. The standard InChI is InChI=1S/C15H22N6O2/c1-6-11(13-9(2)20-23-10(13)3)18-15(22)19-12-7-16-8-17-14(12)21(4)5/h7-8,11H,6H2,1-5H3,(H2,18,19,22)/t11-/m1/s1. The van der Waals surface area contributed by atoms with Crippen LogP contribution in [0.25, 0.3) is 0 Å². The van der Waals surface area contributed by atoms with Crippen LogP contribution in [-0.4, -0.2) is 35.3 Å². The van der Waals surface area contributed by atoms with Crippen molar-refractivity contribution < 1.29 is 9.32 Å². The van der Waals surface area contributed by atoms with Gasteiger partial charge in [0.25, 0.3) is 0 Å². The van der Waals surface area contributed by atoms with Gasteiger partial charge in [-0.1, -0.05) is 12.1 Å². The molecule has 2 heterocycles. The van der Waals surface area contributed by atoms with Crippen LogP contribution >= 0.6 is 0 Å². The van der Waals surface area contributed by atoms with E-state index in [1.54, 1.807) is 6.20 Å². The van der Waals surface area contributed by atoms with Crippen molar-refractivity contribution >= 4 is 17.5 Å². The number of hydrogen-bond donors (Lipinski definition) is 2. The molecule has 0 fully saturated rings. The van der Waals surface area contributed by atoms with Gasteiger partial charge in [0.15, 0.2) is 5.82 Å². The highest BCUT2D eigenvalue weighted by molar-refractivity contribution is 5.92. The van der Waals surface area contributed by atoms with Crippen LogP contribution in [0.15, 0.2) is 17.0 Å². The van der Waals surface area contributed by atoms with Crippen LogP contribution in [0.3, 0.4) is 0 Å². The molecule has 8 heteroatoms. The summed E-state index contributed by atoms with van der Waals surface area (Å²) < 4.78 is 5.18. The minimum Gasteiger partial charge on any atom is -0.361 e. The Kier molecular flexibility index (Phi) is 5.15. The average Bonchev–Trinajstić information content (AvgIpc) is 2.84. The van der Waals surface area contributed by atoms with Crippen molar-refractivity contribution in [1.82, 2.24) is 20.4 Å². The number of rotatable bonds is 5. The predicted molar refractivity (Wildman–Crippen MR) is 87.5 cm³/mol. The normalized spacial score (nSPS) is 11.9. The van der Waals surface area contributed by atoms with E-state index in [9.17, 15) is 4.79 Å². The molecule has 0 bridgehead atoms. The lowest BCUT2D eigenvalue weighted by Crippen LogP contribution is -2.33. The van der Waals surface area contributed by atoms with E-state index < -0.39 is 0 Å². The van der Waals surface area contributed by atoms with Gasteiger partial charge in [0, 0.05) is 19.7 Å². The summed E-state index contributed by atoms with van der Waals surface area (Å²) in [6.45, 7) is 5.70. The lowest BCUT2D eigenvalue weighted by atomic mass is 10.0. The van der Waals surface area contributed by atoms with Crippen LogP contribution < -0.4 is 15.5 Å². The topological polar surface area (TPSA) is 96.2 Å². The highest BCUT2D eigenvalue weighted by Gasteiger charge is 2.21. The number of hydrogen-bond acceptors (Lipinski definition) is 6. The van der Waals surface area contributed by atoms with E-state index in [0.717, 1.165) is 17.7 Å². The third-order valence-electron chi connectivity index (χ3n) is 3.51. The van der Waals surface area contributed by atoms with E-state index in [4.69, 9.17) is 4.52 Å². The summed E-state index contributed by atoms with van der Waals surface area (Å²) >= 11 is 0. The summed E-state index contributed by atoms with van der Waals surface area (Å²) in [5.74, 6) is 1.35. The van der Waals surface area contributed by atoms with Crippen LogP contribution in [0, 0.1) is 13.8 Å². The van der Waals surface area contributed by atoms with Gasteiger partial charge in [-0.05, 0) is 20.3 Å². The molecule has 8 nitrogen and oxygen atoms in total. The molecule has 2 rings (SSSR count). The zero-order valence-electron chi connectivity index (χ0n) is 14.0. The number of nitrogens with zero attached hydrogens (tertiary/aromatic N) is 4. The van der Waals surface area contributed by atoms with E-state index in [1.807, 2.05) is 39.8 Å². The summed E-state index contributed by atoms with van der Waals surface area (Å²) in [4.78, 5) is 22.2. The molecule has 0 saturated carbocycles. The van der Waals surface area contributed by atoms with Crippen molar-refractivity contribution in [2.45, 2.75) is 33.2 Å². The smallest absolute Gasteiger partial charge is 0.319 e. The zero-order valence-corrected chi connectivity index (χ0v) is 14.0. The van der Waals surface area contributed by atoms with Gasteiger partial charge in [-0.2, -0.15) is 0 Å². The molecule has 0 radical (unpaired) electrons. The molecule has 0 aliphatic carbocycles. The molecule has 2 amide bonds. The van der Waals surface area contributed by atoms with Crippen LogP contribution in [0.5, 0.6) is 0 Å². The fourth-order valence-electron chi connectivity index (χ4n) is 2.45. The molecule has 2 N–H and O–H groups in total. The average molecular weight is 318 g/mol. The maximum atomic E-state index is 12.3. The summed E-state index contributed by atoms with van der Waals surface area (Å²) in [6.07, 6.45) is 3.73. The van der Waals surface area contributed by atoms with Gasteiger partial charge in [0.05, 0.1) is 17.9 Å². The van der Waals surface area contributed by atoms with E-state index in [0.29, 0.717) is 17.3 Å². The number of nitrogens with one attached hydrogen (secondary N) is 2. The van der Waals surface area contributed by atoms with Gasteiger partial charge in [0.1, 0.15) is 17.8 Å². The van der Waals surface area contributed by atoms with Crippen molar-refractivity contribution in [3.8, 4) is 0 Å². The Hall–Kier alpha value is -2.64. The molecule has 0 aromatic carbocycles. The monoisotopic (exact) mass is 318 g/mol. The van der Waals surface area contributed by atoms with Crippen LogP contribution in [0.2, 0.25) is 0 Å². The van der Waals surface area contributed by atoms with E-state index >= 15 is 0 Å². The Balaban J connectivity index is 2.13. The lowest BCUT2D eigenvalue weighted by Gasteiger charge is -2.19. The molecule has 124 valence electrons. The van der Waals surface area contributed by atoms with Crippen molar-refractivity contribution in [3.05, 3.63) is 29.5 Å². The molecule has 2 aromatic heterocycles. The largest absolute Gasteiger partial charge is 0.361 e. The Labute approximate surface area is 135 Å². The second kappa shape index (κ2) is 7.08. The summed E-state index contributed by atoms with van der Waals surface area (Å²) in [6, 6.07) is -0.497. The molecular weight excluding hydrogens is 296 g/mol. The number of urea groups is 1. The SMILES string of the molecule is CC[C@@H](NC(=O)Nc1cncnc1N(C)C)c1c(C)noc1C. The van der Waals surface area contributed by atoms with Crippen molar-refractivity contribution in [2.24, 2.45) is 0 Å². The van der Waals surface area contributed by atoms with Crippen LogP contribution in [0.1, 0.15) is 36.4 Å². The second-order valence-corrected chi connectivity index (χ2v) is 5.45. The maximum absolute atomic E-state index is 12.3. The first-order chi connectivity index (χ1) is 10.9. The number of aryl methyl sites for hydroxylation is 2. The van der Waals surface area contributed by atoms with E-state index in [2.05, 4.69) is 25.8 Å². The maximum Gasteiger partial charge on any atom is 0.319 e. The molecule has 0 unspecified atom stereocenters. The second-order valence-electron chi connectivity index (χ2n) is 5.45. The van der Waals surface area contributed by atoms with Crippen molar-refractivity contribution in [2.75, 3.05) is 24.3 Å². The third kappa shape index (κ3) is 3.77. The predicted octanol–water partition coefficient (Wildman–Crippen LogP) is 2.42. The third-order valence-corrected chi connectivity index (χ3v) is 3.51. The highest BCUT2D eigenvalue weighted by atomic mass is 16.5. The summed E-state index contributed by atoms with van der Waals surface area (Å²) in [5.41, 5.74) is 2.25. The van der Waals surface area contributed by atoms with Gasteiger partial charge >= 0.3 is 6.03 Å².